The number of hydrogen-bond donors (Lipinski definition) is 2. The molecule has 0 aliphatic heterocycles. The van der Waals surface area contributed by atoms with Crippen molar-refractivity contribution in [1.29, 1.82) is 0 Å². The van der Waals surface area contributed by atoms with Crippen LogP contribution >= 0.6 is 0 Å². The lowest BCUT2D eigenvalue weighted by Gasteiger charge is -2.28. The molecule has 4 heteroatoms. The molecule has 0 radical (unpaired) electrons. The zero-order valence-electron chi connectivity index (χ0n) is 13.9. The van der Waals surface area contributed by atoms with Crippen molar-refractivity contribution in [3.05, 3.63) is 36.0 Å². The Labute approximate surface area is 138 Å². The van der Waals surface area contributed by atoms with E-state index in [-0.39, 0.29) is 12.1 Å². The molecule has 1 aromatic rings. The van der Waals surface area contributed by atoms with E-state index in [1.807, 2.05) is 30.3 Å². The predicted octanol–water partition coefficient (Wildman–Crippen LogP) is 3.79. The van der Waals surface area contributed by atoms with Gasteiger partial charge in [-0.05, 0) is 67.7 Å². The molecule has 2 bridgehead atoms. The second kappa shape index (κ2) is 7.07. The zero-order chi connectivity index (χ0) is 16.2. The zero-order valence-corrected chi connectivity index (χ0v) is 13.9. The summed E-state index contributed by atoms with van der Waals surface area (Å²) in [5.41, 5.74) is 0.991. The first-order valence-electron chi connectivity index (χ1n) is 8.53. The van der Waals surface area contributed by atoms with Crippen LogP contribution in [0.3, 0.4) is 0 Å². The highest BCUT2D eigenvalue weighted by atomic mass is 16.5. The van der Waals surface area contributed by atoms with Crippen LogP contribution in [0.2, 0.25) is 0 Å². The van der Waals surface area contributed by atoms with Gasteiger partial charge in [0, 0.05) is 12.2 Å². The summed E-state index contributed by atoms with van der Waals surface area (Å²) in [7, 11) is 1.64. The number of benzene rings is 1. The Bertz CT molecular complexity index is 584. The smallest absolute Gasteiger partial charge is 0.318 e. The van der Waals surface area contributed by atoms with Crippen molar-refractivity contribution in [2.24, 2.45) is 17.8 Å². The Morgan fingerprint density at radius 2 is 2.22 bits per heavy atom. The monoisotopic (exact) mass is 314 g/mol. The molecule has 3 rings (SSSR count). The van der Waals surface area contributed by atoms with E-state index >= 15 is 0 Å². The summed E-state index contributed by atoms with van der Waals surface area (Å²) in [5, 5.41) is 5.89. The topological polar surface area (TPSA) is 50.4 Å². The number of amides is 2. The number of rotatable bonds is 5. The minimum atomic E-state index is -0.126. The molecule has 2 fully saturated rings. The molecule has 2 amide bonds. The number of urea groups is 1. The van der Waals surface area contributed by atoms with E-state index in [1.54, 1.807) is 13.3 Å². The second-order valence-corrected chi connectivity index (χ2v) is 6.86. The maximum absolute atomic E-state index is 12.0. The second-order valence-electron chi connectivity index (χ2n) is 6.86. The Morgan fingerprint density at radius 1 is 1.35 bits per heavy atom. The summed E-state index contributed by atoms with van der Waals surface area (Å²) in [6.07, 6.45) is 8.93. The molecule has 2 N–H and O–H groups in total. The van der Waals surface area contributed by atoms with Crippen LogP contribution in [0.15, 0.2) is 30.5 Å². The van der Waals surface area contributed by atoms with E-state index in [1.165, 1.54) is 25.7 Å². The number of carbonyl (C=O) groups excluding carboxylic acids is 1. The fraction of sp³-hybridized carbons (Fsp3) is 0.526. The summed E-state index contributed by atoms with van der Waals surface area (Å²) >= 11 is 0. The van der Waals surface area contributed by atoms with Crippen molar-refractivity contribution < 1.29 is 9.53 Å². The fourth-order valence-electron chi connectivity index (χ4n) is 4.22. The first-order chi connectivity index (χ1) is 11.2. The summed E-state index contributed by atoms with van der Waals surface area (Å²) in [5.74, 6) is 3.19. The third-order valence-corrected chi connectivity index (χ3v) is 5.38. The molecule has 4 nitrogen and oxygen atoms in total. The highest BCUT2D eigenvalue weighted by molar-refractivity contribution is 5.76. The molecule has 4 unspecified atom stereocenters. The largest absolute Gasteiger partial charge is 0.497 e. The average Bonchev–Trinajstić information content (AvgIpc) is 3.18. The van der Waals surface area contributed by atoms with Crippen LogP contribution in [0, 0.1) is 17.8 Å². The van der Waals surface area contributed by atoms with Gasteiger partial charge >= 0.3 is 6.03 Å². The minimum absolute atomic E-state index is 0.126. The average molecular weight is 314 g/mol. The first-order valence-corrected chi connectivity index (χ1v) is 8.53. The molecule has 2 aliphatic carbocycles. The highest BCUT2D eigenvalue weighted by Gasteiger charge is 2.42. The van der Waals surface area contributed by atoms with Crippen molar-refractivity contribution in [1.82, 2.24) is 10.6 Å². The van der Waals surface area contributed by atoms with Gasteiger partial charge in [-0.3, -0.25) is 0 Å². The van der Waals surface area contributed by atoms with Gasteiger partial charge in [-0.2, -0.15) is 0 Å². The lowest BCUT2D eigenvalue weighted by molar-refractivity contribution is 0.223. The lowest BCUT2D eigenvalue weighted by Crippen LogP contribution is -2.43. The molecule has 0 heterocycles. The molecule has 1 aromatic carbocycles. The number of carbonyl (C=O) groups is 1. The van der Waals surface area contributed by atoms with Crippen LogP contribution in [0.4, 0.5) is 4.79 Å². The van der Waals surface area contributed by atoms with Crippen molar-refractivity contribution in [2.75, 3.05) is 7.11 Å². The van der Waals surface area contributed by atoms with E-state index in [0.29, 0.717) is 5.92 Å². The molecule has 2 aliphatic rings. The van der Waals surface area contributed by atoms with Gasteiger partial charge in [0.1, 0.15) is 5.75 Å². The molecule has 23 heavy (non-hydrogen) atoms. The molecule has 4 atom stereocenters. The van der Waals surface area contributed by atoms with Gasteiger partial charge in [-0.1, -0.05) is 18.6 Å². The maximum atomic E-state index is 12.0. The van der Waals surface area contributed by atoms with Gasteiger partial charge in [0.25, 0.3) is 0 Å². The molecular weight excluding hydrogens is 288 g/mol. The standard InChI is InChI=1S/C19H26N2O2/c1-13(18-12-15-6-7-16(18)10-15)21-19(22)20-9-8-14-4-3-5-17(11-14)23-2/h3-5,8-9,11,13,15-16,18H,6-7,10,12H2,1-2H3,(H2,20,21,22)/b9-8+. The molecule has 0 aromatic heterocycles. The van der Waals surface area contributed by atoms with Gasteiger partial charge < -0.3 is 15.4 Å². The molecule has 0 saturated heterocycles. The maximum Gasteiger partial charge on any atom is 0.318 e. The van der Waals surface area contributed by atoms with Crippen LogP contribution in [-0.2, 0) is 0 Å². The highest BCUT2D eigenvalue weighted by Crippen LogP contribution is 2.49. The van der Waals surface area contributed by atoms with Crippen molar-refractivity contribution in [2.45, 2.75) is 38.6 Å². The SMILES string of the molecule is COc1cccc(/C=C/NC(=O)NC(C)C2CC3CCC2C3)c1. The van der Waals surface area contributed by atoms with E-state index in [9.17, 15) is 4.79 Å². The van der Waals surface area contributed by atoms with Crippen LogP contribution in [-0.4, -0.2) is 19.2 Å². The predicted molar refractivity (Wildman–Crippen MR) is 92.1 cm³/mol. The third-order valence-electron chi connectivity index (χ3n) is 5.38. The summed E-state index contributed by atoms with van der Waals surface area (Å²) < 4.78 is 5.18. The molecule has 0 spiro atoms. The Balaban J connectivity index is 1.46. The van der Waals surface area contributed by atoms with Crippen LogP contribution in [0.1, 0.15) is 38.2 Å². The number of methoxy groups -OCH3 is 1. The van der Waals surface area contributed by atoms with Crippen molar-refractivity contribution >= 4 is 12.1 Å². The van der Waals surface area contributed by atoms with Crippen LogP contribution < -0.4 is 15.4 Å². The Morgan fingerprint density at radius 3 is 2.91 bits per heavy atom. The van der Waals surface area contributed by atoms with Crippen LogP contribution in [0.5, 0.6) is 5.75 Å². The van der Waals surface area contributed by atoms with Crippen molar-refractivity contribution in [3.8, 4) is 5.75 Å². The number of fused-ring (bicyclic) bond motifs is 2. The van der Waals surface area contributed by atoms with Gasteiger partial charge in [-0.25, -0.2) is 4.79 Å². The number of ether oxygens (including phenoxy) is 1. The Kier molecular flexibility index (Phi) is 4.89. The fourth-order valence-corrected chi connectivity index (χ4v) is 4.22. The molecule has 124 valence electrons. The third kappa shape index (κ3) is 3.87. The van der Waals surface area contributed by atoms with E-state index in [2.05, 4.69) is 17.6 Å². The van der Waals surface area contributed by atoms with Gasteiger partial charge in [0.05, 0.1) is 7.11 Å². The summed E-state index contributed by atoms with van der Waals surface area (Å²) in [4.78, 5) is 12.0. The van der Waals surface area contributed by atoms with Gasteiger partial charge in [-0.15, -0.1) is 0 Å². The van der Waals surface area contributed by atoms with Gasteiger partial charge in [0.15, 0.2) is 0 Å². The molecular formula is C19H26N2O2. The van der Waals surface area contributed by atoms with E-state index < -0.39 is 0 Å². The van der Waals surface area contributed by atoms with Gasteiger partial charge in [0.2, 0.25) is 0 Å². The van der Waals surface area contributed by atoms with Crippen molar-refractivity contribution in [3.63, 3.8) is 0 Å². The van der Waals surface area contributed by atoms with E-state index in [4.69, 9.17) is 4.74 Å². The lowest BCUT2D eigenvalue weighted by atomic mass is 9.84. The number of hydrogen-bond acceptors (Lipinski definition) is 2. The summed E-state index contributed by atoms with van der Waals surface area (Å²) in [6.45, 7) is 2.14. The molecule has 2 saturated carbocycles. The van der Waals surface area contributed by atoms with E-state index in [0.717, 1.165) is 23.1 Å². The quantitative estimate of drug-likeness (QED) is 0.869. The minimum Gasteiger partial charge on any atom is -0.497 e. The summed E-state index contributed by atoms with van der Waals surface area (Å²) in [6, 6.07) is 7.84. The normalized spacial score (nSPS) is 27.1. The first kappa shape index (κ1) is 15.9. The number of nitrogens with one attached hydrogen (secondary N) is 2. The van der Waals surface area contributed by atoms with Crippen LogP contribution in [0.25, 0.3) is 6.08 Å². The Hall–Kier alpha value is -1.97.